The van der Waals surface area contributed by atoms with Crippen molar-refractivity contribution in [2.24, 2.45) is 0 Å². The van der Waals surface area contributed by atoms with Crippen LogP contribution in [0.4, 0.5) is 11.4 Å². The number of hydrogen-bond donors (Lipinski definition) is 3. The summed E-state index contributed by atoms with van der Waals surface area (Å²) in [6, 6.07) is 10.2. The molecule has 0 unspecified atom stereocenters. The number of rotatable bonds is 2. The molecule has 4 nitrogen and oxygen atoms in total. The summed E-state index contributed by atoms with van der Waals surface area (Å²) in [7, 11) is 0. The van der Waals surface area contributed by atoms with E-state index < -0.39 is 0 Å². The van der Waals surface area contributed by atoms with E-state index in [0.29, 0.717) is 5.69 Å². The topological polar surface area (TPSA) is 75.4 Å². The molecule has 0 radical (unpaired) electrons. The number of nitrogen functional groups attached to an aromatic ring is 1. The number of benzene rings is 2. The Labute approximate surface area is 111 Å². The molecule has 0 aliphatic heterocycles. The van der Waals surface area contributed by atoms with Gasteiger partial charge in [-0.05, 0) is 37.1 Å². The quantitative estimate of drug-likeness (QED) is 0.723. The normalized spacial score (nSPS) is 10.2. The predicted molar refractivity (Wildman–Crippen MR) is 76.4 cm³/mol. The fourth-order valence-corrected chi connectivity index (χ4v) is 1.93. The first-order chi connectivity index (χ1) is 8.99. The van der Waals surface area contributed by atoms with Gasteiger partial charge in [0, 0.05) is 17.4 Å². The van der Waals surface area contributed by atoms with E-state index in [0.717, 1.165) is 16.8 Å². The Morgan fingerprint density at radius 3 is 2.37 bits per heavy atom. The van der Waals surface area contributed by atoms with E-state index in [1.807, 2.05) is 32.0 Å². The van der Waals surface area contributed by atoms with Gasteiger partial charge in [0.25, 0.3) is 5.91 Å². The molecule has 0 aliphatic rings. The lowest BCUT2D eigenvalue weighted by atomic mass is 10.1. The van der Waals surface area contributed by atoms with Gasteiger partial charge in [-0.15, -0.1) is 0 Å². The number of carbonyl (C=O) groups is 1. The molecule has 0 saturated heterocycles. The molecule has 2 rings (SSSR count). The van der Waals surface area contributed by atoms with Crippen LogP contribution in [0.5, 0.6) is 5.75 Å². The van der Waals surface area contributed by atoms with Crippen molar-refractivity contribution in [3.8, 4) is 5.75 Å². The molecule has 4 heteroatoms. The summed E-state index contributed by atoms with van der Waals surface area (Å²) < 4.78 is 0. The second kappa shape index (κ2) is 5.02. The highest BCUT2D eigenvalue weighted by Crippen LogP contribution is 2.24. The summed E-state index contributed by atoms with van der Waals surface area (Å²) in [5.41, 5.74) is 8.88. The molecule has 98 valence electrons. The van der Waals surface area contributed by atoms with E-state index in [9.17, 15) is 9.90 Å². The van der Waals surface area contributed by atoms with Gasteiger partial charge < -0.3 is 16.2 Å². The lowest BCUT2D eigenvalue weighted by molar-refractivity contribution is 0.102. The number of hydrogen-bond acceptors (Lipinski definition) is 3. The molecule has 0 atom stereocenters. The number of nitrogens with one attached hydrogen (secondary N) is 1. The molecule has 4 N–H and O–H groups in total. The van der Waals surface area contributed by atoms with Crippen LogP contribution in [-0.4, -0.2) is 11.0 Å². The van der Waals surface area contributed by atoms with Crippen molar-refractivity contribution in [3.63, 3.8) is 0 Å². The third kappa shape index (κ3) is 2.68. The van der Waals surface area contributed by atoms with Crippen LogP contribution in [0.2, 0.25) is 0 Å². The van der Waals surface area contributed by atoms with E-state index in [2.05, 4.69) is 5.32 Å². The number of nitrogens with two attached hydrogens (primary N) is 1. The van der Waals surface area contributed by atoms with Crippen LogP contribution >= 0.6 is 0 Å². The number of carbonyl (C=O) groups excluding carboxylic acids is 1. The monoisotopic (exact) mass is 256 g/mol. The van der Waals surface area contributed by atoms with E-state index in [-0.39, 0.29) is 17.2 Å². The number of anilines is 2. The van der Waals surface area contributed by atoms with Gasteiger partial charge in [0.1, 0.15) is 5.75 Å². The Balaban J connectivity index is 2.31. The first kappa shape index (κ1) is 13.0. The zero-order valence-electron chi connectivity index (χ0n) is 10.9. The molecule has 0 heterocycles. The Kier molecular flexibility index (Phi) is 3.42. The van der Waals surface area contributed by atoms with Crippen molar-refractivity contribution in [2.75, 3.05) is 11.1 Å². The maximum absolute atomic E-state index is 12.1. The summed E-state index contributed by atoms with van der Waals surface area (Å²) in [4.78, 5) is 12.1. The summed E-state index contributed by atoms with van der Waals surface area (Å²) in [6.45, 7) is 3.84. The molecule has 0 fully saturated rings. The van der Waals surface area contributed by atoms with Gasteiger partial charge in [-0.1, -0.05) is 18.2 Å². The van der Waals surface area contributed by atoms with Crippen LogP contribution in [0.15, 0.2) is 36.4 Å². The van der Waals surface area contributed by atoms with Crippen LogP contribution in [-0.2, 0) is 0 Å². The van der Waals surface area contributed by atoms with Gasteiger partial charge in [-0.3, -0.25) is 4.79 Å². The molecular weight excluding hydrogens is 240 g/mol. The summed E-state index contributed by atoms with van der Waals surface area (Å²) in [5, 5.41) is 12.6. The number of amides is 1. The average molecular weight is 256 g/mol. The van der Waals surface area contributed by atoms with Gasteiger partial charge in [0.05, 0.1) is 5.56 Å². The molecule has 0 aromatic heterocycles. The first-order valence-corrected chi connectivity index (χ1v) is 5.95. The van der Waals surface area contributed by atoms with Gasteiger partial charge in [0.15, 0.2) is 0 Å². The highest BCUT2D eigenvalue weighted by Gasteiger charge is 2.13. The van der Waals surface area contributed by atoms with E-state index in [1.54, 1.807) is 6.07 Å². The smallest absolute Gasteiger partial charge is 0.259 e. The summed E-state index contributed by atoms with van der Waals surface area (Å²) >= 11 is 0. The Morgan fingerprint density at radius 2 is 1.79 bits per heavy atom. The minimum absolute atomic E-state index is 0.122. The number of para-hydroxylation sites is 1. The minimum Gasteiger partial charge on any atom is -0.507 e. The fraction of sp³-hybridized carbons (Fsp3) is 0.133. The second-order valence-electron chi connectivity index (χ2n) is 4.50. The molecule has 0 spiro atoms. The Hall–Kier alpha value is -2.49. The van der Waals surface area contributed by atoms with Crippen molar-refractivity contribution < 1.29 is 9.90 Å². The van der Waals surface area contributed by atoms with Crippen molar-refractivity contribution in [1.82, 2.24) is 0 Å². The van der Waals surface area contributed by atoms with Gasteiger partial charge in [0.2, 0.25) is 0 Å². The van der Waals surface area contributed by atoms with Gasteiger partial charge >= 0.3 is 0 Å². The van der Waals surface area contributed by atoms with Crippen LogP contribution in [0.3, 0.4) is 0 Å². The van der Waals surface area contributed by atoms with Crippen molar-refractivity contribution >= 4 is 17.3 Å². The summed E-state index contributed by atoms with van der Waals surface area (Å²) in [6.07, 6.45) is 0. The number of phenolic OH excluding ortho intramolecular Hbond substituents is 1. The van der Waals surface area contributed by atoms with Gasteiger partial charge in [-0.2, -0.15) is 0 Å². The summed E-state index contributed by atoms with van der Waals surface area (Å²) in [5.74, 6) is -0.473. The van der Waals surface area contributed by atoms with Crippen molar-refractivity contribution in [2.45, 2.75) is 13.8 Å². The fourth-order valence-electron chi connectivity index (χ4n) is 1.93. The SMILES string of the molecule is Cc1cccc(C)c1NC(=O)c1ccc(N)cc1O. The zero-order chi connectivity index (χ0) is 14.0. The number of aryl methyl sites for hydroxylation is 2. The molecule has 0 saturated carbocycles. The molecular formula is C15H16N2O2. The maximum atomic E-state index is 12.1. The number of phenols is 1. The molecule has 1 amide bonds. The molecule has 19 heavy (non-hydrogen) atoms. The maximum Gasteiger partial charge on any atom is 0.259 e. The van der Waals surface area contributed by atoms with Crippen LogP contribution in [0.25, 0.3) is 0 Å². The minimum atomic E-state index is -0.352. The highest BCUT2D eigenvalue weighted by atomic mass is 16.3. The lowest BCUT2D eigenvalue weighted by Crippen LogP contribution is -2.14. The van der Waals surface area contributed by atoms with E-state index >= 15 is 0 Å². The van der Waals surface area contributed by atoms with Crippen LogP contribution in [0, 0.1) is 13.8 Å². The second-order valence-corrected chi connectivity index (χ2v) is 4.50. The third-order valence-electron chi connectivity index (χ3n) is 2.99. The van der Waals surface area contributed by atoms with Crippen molar-refractivity contribution in [3.05, 3.63) is 53.1 Å². The zero-order valence-corrected chi connectivity index (χ0v) is 10.9. The molecule has 0 aliphatic carbocycles. The third-order valence-corrected chi connectivity index (χ3v) is 2.99. The van der Waals surface area contributed by atoms with Crippen LogP contribution in [0.1, 0.15) is 21.5 Å². The average Bonchev–Trinajstić information content (AvgIpc) is 2.33. The molecule has 2 aromatic rings. The molecule has 0 bridgehead atoms. The Bertz CT molecular complexity index is 616. The highest BCUT2D eigenvalue weighted by molar-refractivity contribution is 6.07. The predicted octanol–water partition coefficient (Wildman–Crippen LogP) is 2.84. The Morgan fingerprint density at radius 1 is 1.16 bits per heavy atom. The standard InChI is InChI=1S/C15H16N2O2/c1-9-4-3-5-10(2)14(9)17-15(19)12-7-6-11(16)8-13(12)18/h3-8,18H,16H2,1-2H3,(H,17,19). The lowest BCUT2D eigenvalue weighted by Gasteiger charge is -2.12. The van der Waals surface area contributed by atoms with Gasteiger partial charge in [-0.25, -0.2) is 0 Å². The molecule has 2 aromatic carbocycles. The van der Waals surface area contributed by atoms with Crippen LogP contribution < -0.4 is 11.1 Å². The van der Waals surface area contributed by atoms with E-state index in [4.69, 9.17) is 5.73 Å². The first-order valence-electron chi connectivity index (χ1n) is 5.95. The largest absolute Gasteiger partial charge is 0.507 e. The number of aromatic hydroxyl groups is 1. The van der Waals surface area contributed by atoms with E-state index in [1.165, 1.54) is 12.1 Å². The van der Waals surface area contributed by atoms with Crippen molar-refractivity contribution in [1.29, 1.82) is 0 Å².